The summed E-state index contributed by atoms with van der Waals surface area (Å²) in [4.78, 5) is 14.5. The molecule has 3 nitrogen and oxygen atoms in total. The highest BCUT2D eigenvalue weighted by Crippen LogP contribution is 2.42. The van der Waals surface area contributed by atoms with E-state index < -0.39 is 0 Å². The van der Waals surface area contributed by atoms with E-state index in [0.717, 1.165) is 24.2 Å². The average molecular weight is 394 g/mol. The van der Waals surface area contributed by atoms with Crippen LogP contribution in [0.3, 0.4) is 0 Å². The van der Waals surface area contributed by atoms with Crippen molar-refractivity contribution in [3.8, 4) is 0 Å². The molecular weight excluding hydrogens is 382 g/mol. The zero-order valence-corrected chi connectivity index (χ0v) is 13.2. The predicted molar refractivity (Wildman–Crippen MR) is 88.0 cm³/mol. The number of hydrogen-bond donors (Lipinski definition) is 1. The molecule has 1 amide bonds. The van der Waals surface area contributed by atoms with Crippen molar-refractivity contribution in [3.63, 3.8) is 0 Å². The first kappa shape index (κ1) is 13.1. The summed E-state index contributed by atoms with van der Waals surface area (Å²) in [5.41, 5.74) is 3.68. The molecule has 2 aliphatic heterocycles. The van der Waals surface area contributed by atoms with E-state index in [0.29, 0.717) is 9.26 Å². The maximum atomic E-state index is 13.9. The molecule has 0 aromatic heterocycles. The Morgan fingerprint density at radius 2 is 2.10 bits per heavy atom. The van der Waals surface area contributed by atoms with Gasteiger partial charge in [0.25, 0.3) is 5.91 Å². The highest BCUT2D eigenvalue weighted by Gasteiger charge is 2.38. The number of carbonyl (C=O) groups excluding carboxylic acids is 1. The monoisotopic (exact) mass is 394 g/mol. The Kier molecular flexibility index (Phi) is 2.92. The van der Waals surface area contributed by atoms with Crippen LogP contribution in [0.2, 0.25) is 0 Å². The maximum Gasteiger partial charge on any atom is 0.251 e. The SMILES string of the molecule is O=C1Nc2cc(I)c(F)cc2N2CCc3ccccc3C12. The number of fused-ring (bicyclic) bond motifs is 5. The fraction of sp³-hybridized carbons (Fsp3) is 0.188. The van der Waals surface area contributed by atoms with Crippen molar-refractivity contribution < 1.29 is 9.18 Å². The van der Waals surface area contributed by atoms with Gasteiger partial charge in [-0.15, -0.1) is 0 Å². The van der Waals surface area contributed by atoms with Crippen LogP contribution in [0.15, 0.2) is 36.4 Å². The molecule has 0 fully saturated rings. The molecule has 1 unspecified atom stereocenters. The molecule has 1 atom stereocenters. The van der Waals surface area contributed by atoms with Crippen molar-refractivity contribution in [2.24, 2.45) is 0 Å². The summed E-state index contributed by atoms with van der Waals surface area (Å²) >= 11 is 1.94. The molecule has 0 bridgehead atoms. The molecule has 2 aromatic carbocycles. The highest BCUT2D eigenvalue weighted by atomic mass is 127. The van der Waals surface area contributed by atoms with Gasteiger partial charge in [0.1, 0.15) is 11.9 Å². The van der Waals surface area contributed by atoms with E-state index in [-0.39, 0.29) is 17.8 Å². The second-order valence-electron chi connectivity index (χ2n) is 5.32. The lowest BCUT2D eigenvalue weighted by Gasteiger charge is -2.42. The van der Waals surface area contributed by atoms with E-state index in [1.54, 1.807) is 6.07 Å². The predicted octanol–water partition coefficient (Wildman–Crippen LogP) is 3.49. The smallest absolute Gasteiger partial charge is 0.251 e. The zero-order valence-electron chi connectivity index (χ0n) is 11.1. The molecule has 0 saturated carbocycles. The van der Waals surface area contributed by atoms with Crippen LogP contribution in [0.25, 0.3) is 0 Å². The van der Waals surface area contributed by atoms with Gasteiger partial charge in [-0.2, -0.15) is 0 Å². The number of benzene rings is 2. The van der Waals surface area contributed by atoms with Gasteiger partial charge in [0.15, 0.2) is 0 Å². The Balaban J connectivity index is 1.89. The van der Waals surface area contributed by atoms with Gasteiger partial charge in [0, 0.05) is 12.6 Å². The summed E-state index contributed by atoms with van der Waals surface area (Å²) in [5, 5.41) is 2.92. The first-order valence-electron chi connectivity index (χ1n) is 6.79. The van der Waals surface area contributed by atoms with Crippen LogP contribution in [-0.2, 0) is 11.2 Å². The van der Waals surface area contributed by atoms with Crippen molar-refractivity contribution in [3.05, 3.63) is 56.9 Å². The molecule has 2 heterocycles. The molecule has 1 N–H and O–H groups in total. The molecular formula is C16H12FIN2O. The number of halogens is 2. The minimum absolute atomic E-state index is 0.0444. The summed E-state index contributed by atoms with van der Waals surface area (Å²) in [7, 11) is 0. The first-order valence-corrected chi connectivity index (χ1v) is 7.87. The normalized spacial score (nSPS) is 19.4. The summed E-state index contributed by atoms with van der Waals surface area (Å²) in [6.45, 7) is 0.724. The molecule has 5 heteroatoms. The number of anilines is 2. The van der Waals surface area contributed by atoms with Crippen molar-refractivity contribution in [1.29, 1.82) is 0 Å². The van der Waals surface area contributed by atoms with E-state index in [1.165, 1.54) is 11.6 Å². The Labute approximate surface area is 135 Å². The van der Waals surface area contributed by atoms with Crippen molar-refractivity contribution in [1.82, 2.24) is 0 Å². The summed E-state index contributed by atoms with van der Waals surface area (Å²) in [5.74, 6) is -0.292. The number of nitrogens with one attached hydrogen (secondary N) is 1. The van der Waals surface area contributed by atoms with Crippen LogP contribution >= 0.6 is 22.6 Å². The lowest BCUT2D eigenvalue weighted by molar-refractivity contribution is -0.117. The van der Waals surface area contributed by atoms with Gasteiger partial charge in [0.2, 0.25) is 0 Å². The van der Waals surface area contributed by atoms with E-state index >= 15 is 0 Å². The lowest BCUT2D eigenvalue weighted by Crippen LogP contribution is -2.45. The fourth-order valence-corrected chi connectivity index (χ4v) is 3.65. The van der Waals surface area contributed by atoms with E-state index in [1.807, 2.05) is 45.7 Å². The summed E-state index contributed by atoms with van der Waals surface area (Å²) in [6, 6.07) is 10.8. The molecule has 2 aliphatic rings. The highest BCUT2D eigenvalue weighted by molar-refractivity contribution is 14.1. The van der Waals surface area contributed by atoms with Gasteiger partial charge in [-0.05, 0) is 46.2 Å². The lowest BCUT2D eigenvalue weighted by atomic mass is 9.90. The van der Waals surface area contributed by atoms with Crippen molar-refractivity contribution in [2.75, 3.05) is 16.8 Å². The van der Waals surface area contributed by atoms with Crippen molar-refractivity contribution >= 4 is 39.9 Å². The van der Waals surface area contributed by atoms with Gasteiger partial charge in [-0.3, -0.25) is 4.79 Å². The van der Waals surface area contributed by atoms with Crippen LogP contribution in [-0.4, -0.2) is 12.5 Å². The number of hydrogen-bond acceptors (Lipinski definition) is 2. The van der Waals surface area contributed by atoms with Crippen LogP contribution < -0.4 is 10.2 Å². The Bertz CT molecular complexity index is 762. The van der Waals surface area contributed by atoms with Gasteiger partial charge in [-0.25, -0.2) is 4.39 Å². The average Bonchev–Trinajstić information content (AvgIpc) is 2.49. The van der Waals surface area contributed by atoms with Crippen LogP contribution in [0.4, 0.5) is 15.8 Å². The molecule has 2 aromatic rings. The third-order valence-corrected chi connectivity index (χ3v) is 4.96. The van der Waals surface area contributed by atoms with Crippen LogP contribution in [0.5, 0.6) is 0 Å². The summed E-state index contributed by atoms with van der Waals surface area (Å²) < 4.78 is 14.4. The van der Waals surface area contributed by atoms with E-state index in [4.69, 9.17) is 0 Å². The largest absolute Gasteiger partial charge is 0.354 e. The Morgan fingerprint density at radius 3 is 2.95 bits per heavy atom. The van der Waals surface area contributed by atoms with Gasteiger partial charge in [-0.1, -0.05) is 24.3 Å². The molecule has 0 saturated heterocycles. The Hall–Kier alpha value is -1.63. The standard InChI is InChI=1S/C16H12FIN2O/c17-11-7-14-13(8-12(11)18)19-16(21)15-10-4-2-1-3-9(10)5-6-20(14)15/h1-4,7-8,15H,5-6H2,(H,19,21). The molecule has 21 heavy (non-hydrogen) atoms. The number of rotatable bonds is 0. The molecule has 0 aliphatic carbocycles. The second-order valence-corrected chi connectivity index (χ2v) is 6.48. The number of carbonyl (C=O) groups is 1. The number of amides is 1. The first-order chi connectivity index (χ1) is 10.1. The topological polar surface area (TPSA) is 32.3 Å². The second kappa shape index (κ2) is 4.69. The Morgan fingerprint density at radius 1 is 1.29 bits per heavy atom. The molecule has 0 radical (unpaired) electrons. The van der Waals surface area contributed by atoms with E-state index in [9.17, 15) is 9.18 Å². The molecule has 0 spiro atoms. The van der Waals surface area contributed by atoms with Crippen LogP contribution in [0, 0.1) is 9.39 Å². The third-order valence-electron chi connectivity index (χ3n) is 4.14. The maximum absolute atomic E-state index is 13.9. The van der Waals surface area contributed by atoms with Gasteiger partial charge >= 0.3 is 0 Å². The number of nitrogens with zero attached hydrogens (tertiary/aromatic N) is 1. The minimum atomic E-state index is -0.359. The molecule has 106 valence electrons. The van der Waals surface area contributed by atoms with Crippen LogP contribution in [0.1, 0.15) is 17.2 Å². The van der Waals surface area contributed by atoms with E-state index in [2.05, 4.69) is 11.4 Å². The third kappa shape index (κ3) is 1.94. The van der Waals surface area contributed by atoms with Crippen molar-refractivity contribution in [2.45, 2.75) is 12.5 Å². The molecule has 4 rings (SSSR count). The van der Waals surface area contributed by atoms with Gasteiger partial charge in [0.05, 0.1) is 14.9 Å². The van der Waals surface area contributed by atoms with Gasteiger partial charge < -0.3 is 10.2 Å². The quantitative estimate of drug-likeness (QED) is 0.694. The minimum Gasteiger partial charge on any atom is -0.354 e. The summed E-state index contributed by atoms with van der Waals surface area (Å²) in [6.07, 6.45) is 0.868. The zero-order chi connectivity index (χ0) is 14.6. The fourth-order valence-electron chi connectivity index (χ4n) is 3.18.